The second-order valence-corrected chi connectivity index (χ2v) is 5.42. The Hall–Kier alpha value is -1.49. The fourth-order valence-electron chi connectivity index (χ4n) is 2.53. The zero-order valence-electron chi connectivity index (χ0n) is 9.54. The second kappa shape index (κ2) is 4.31. The minimum atomic E-state index is -0.201. The van der Waals surface area contributed by atoms with E-state index in [1.54, 1.807) is 18.3 Å². The molecule has 1 aromatic rings. The summed E-state index contributed by atoms with van der Waals surface area (Å²) in [4.78, 5) is 29.9. The van der Waals surface area contributed by atoms with Gasteiger partial charge in [-0.25, -0.2) is 9.88 Å². The highest BCUT2D eigenvalue weighted by molar-refractivity contribution is 9.10. The summed E-state index contributed by atoms with van der Waals surface area (Å²) in [6, 6.07) is 3.47. The van der Waals surface area contributed by atoms with Gasteiger partial charge in [-0.05, 0) is 40.9 Å². The van der Waals surface area contributed by atoms with Gasteiger partial charge in [-0.2, -0.15) is 0 Å². The Morgan fingerprint density at radius 3 is 2.22 bits per heavy atom. The quantitative estimate of drug-likeness (QED) is 0.591. The number of pyridine rings is 1. The Morgan fingerprint density at radius 1 is 1.11 bits per heavy atom. The van der Waals surface area contributed by atoms with Crippen LogP contribution in [0.4, 0.5) is 5.82 Å². The van der Waals surface area contributed by atoms with Crippen LogP contribution in [0.5, 0.6) is 0 Å². The van der Waals surface area contributed by atoms with Gasteiger partial charge in [0.25, 0.3) is 0 Å². The van der Waals surface area contributed by atoms with Crippen LogP contribution in [0.1, 0.15) is 12.8 Å². The van der Waals surface area contributed by atoms with E-state index in [1.807, 2.05) is 12.2 Å². The third-order valence-electron chi connectivity index (χ3n) is 3.45. The molecular weight excluding hydrogens is 296 g/mol. The van der Waals surface area contributed by atoms with E-state index in [9.17, 15) is 9.59 Å². The Labute approximate surface area is 113 Å². The normalized spacial score (nSPS) is 26.6. The van der Waals surface area contributed by atoms with Gasteiger partial charge in [-0.3, -0.25) is 9.59 Å². The molecule has 4 nitrogen and oxygen atoms in total. The van der Waals surface area contributed by atoms with Gasteiger partial charge in [-0.1, -0.05) is 12.2 Å². The van der Waals surface area contributed by atoms with Gasteiger partial charge < -0.3 is 0 Å². The predicted molar refractivity (Wildman–Crippen MR) is 69.8 cm³/mol. The third-order valence-corrected chi connectivity index (χ3v) is 3.92. The van der Waals surface area contributed by atoms with Crippen molar-refractivity contribution >= 4 is 33.6 Å². The predicted octanol–water partition coefficient (Wildman–Crippen LogP) is 2.30. The summed E-state index contributed by atoms with van der Waals surface area (Å²) in [6.45, 7) is 0. The first kappa shape index (κ1) is 11.6. The molecule has 0 saturated carbocycles. The van der Waals surface area contributed by atoms with E-state index in [1.165, 1.54) is 4.90 Å². The van der Waals surface area contributed by atoms with Gasteiger partial charge in [0.05, 0.1) is 11.8 Å². The van der Waals surface area contributed by atoms with E-state index in [0.717, 1.165) is 4.47 Å². The largest absolute Gasteiger partial charge is 0.274 e. The van der Waals surface area contributed by atoms with Gasteiger partial charge in [0, 0.05) is 10.7 Å². The Bertz CT molecular complexity index is 512. The van der Waals surface area contributed by atoms with Crippen molar-refractivity contribution in [3.63, 3.8) is 0 Å². The Morgan fingerprint density at radius 2 is 1.72 bits per heavy atom. The maximum atomic E-state index is 12.3. The van der Waals surface area contributed by atoms with Crippen molar-refractivity contribution in [2.75, 3.05) is 4.90 Å². The molecule has 0 aromatic carbocycles. The van der Waals surface area contributed by atoms with Crippen molar-refractivity contribution in [2.24, 2.45) is 11.8 Å². The summed E-state index contributed by atoms with van der Waals surface area (Å²) in [7, 11) is 0. The van der Waals surface area contributed by atoms with Crippen molar-refractivity contribution in [3.05, 3.63) is 35.0 Å². The fraction of sp³-hybridized carbons (Fsp3) is 0.308. The molecule has 0 bridgehead atoms. The molecule has 1 aliphatic heterocycles. The number of imide groups is 1. The molecule has 0 radical (unpaired) electrons. The van der Waals surface area contributed by atoms with Crippen molar-refractivity contribution < 1.29 is 9.59 Å². The Balaban J connectivity index is 1.96. The molecule has 2 aliphatic rings. The lowest BCUT2D eigenvalue weighted by Gasteiger charge is -2.14. The second-order valence-electron chi connectivity index (χ2n) is 4.50. The number of amides is 2. The lowest BCUT2D eigenvalue weighted by molar-refractivity contribution is -0.122. The summed E-state index contributed by atoms with van der Waals surface area (Å²) in [5, 5.41) is 0. The lowest BCUT2D eigenvalue weighted by atomic mass is 9.85. The molecule has 2 atom stereocenters. The zero-order valence-corrected chi connectivity index (χ0v) is 11.1. The first-order chi connectivity index (χ1) is 8.68. The number of rotatable bonds is 1. The van der Waals surface area contributed by atoms with Crippen LogP contribution in [0.3, 0.4) is 0 Å². The number of allylic oxidation sites excluding steroid dienone is 2. The first-order valence-corrected chi connectivity index (χ1v) is 6.62. The number of carbonyl (C=O) groups excluding carboxylic acids is 2. The molecule has 3 rings (SSSR count). The maximum absolute atomic E-state index is 12.3. The third kappa shape index (κ3) is 1.70. The summed E-state index contributed by atoms with van der Waals surface area (Å²) in [5.74, 6) is -0.225. The SMILES string of the molecule is O=C1[C@H]2CC=CC[C@H]2C(=O)N1c1ccc(Br)cn1. The Kier molecular flexibility index (Phi) is 2.78. The van der Waals surface area contributed by atoms with E-state index < -0.39 is 0 Å². The number of hydrogen-bond acceptors (Lipinski definition) is 3. The monoisotopic (exact) mass is 306 g/mol. The van der Waals surface area contributed by atoms with Gasteiger partial charge in [-0.15, -0.1) is 0 Å². The van der Waals surface area contributed by atoms with E-state index >= 15 is 0 Å². The van der Waals surface area contributed by atoms with Crippen LogP contribution >= 0.6 is 15.9 Å². The molecule has 92 valence electrons. The molecule has 0 spiro atoms. The number of nitrogens with zero attached hydrogens (tertiary/aromatic N) is 2. The average molecular weight is 307 g/mol. The minimum absolute atomic E-state index is 0.121. The highest BCUT2D eigenvalue weighted by Crippen LogP contribution is 2.37. The summed E-state index contributed by atoms with van der Waals surface area (Å²) in [5.41, 5.74) is 0. The molecule has 0 unspecified atom stereocenters. The van der Waals surface area contributed by atoms with Gasteiger partial charge in [0.15, 0.2) is 0 Å². The van der Waals surface area contributed by atoms with E-state index in [4.69, 9.17) is 0 Å². The zero-order chi connectivity index (χ0) is 12.7. The van der Waals surface area contributed by atoms with Crippen molar-refractivity contribution in [1.82, 2.24) is 4.98 Å². The first-order valence-electron chi connectivity index (χ1n) is 5.83. The maximum Gasteiger partial charge on any atom is 0.239 e. The summed E-state index contributed by atoms with van der Waals surface area (Å²) < 4.78 is 0.824. The molecule has 0 N–H and O–H groups in total. The number of halogens is 1. The molecule has 2 amide bonds. The van der Waals surface area contributed by atoms with Crippen LogP contribution in [0.2, 0.25) is 0 Å². The van der Waals surface area contributed by atoms with Crippen LogP contribution in [-0.2, 0) is 9.59 Å². The molecule has 2 heterocycles. The van der Waals surface area contributed by atoms with Crippen LogP contribution in [0.15, 0.2) is 35.0 Å². The van der Waals surface area contributed by atoms with E-state index in [0.29, 0.717) is 18.7 Å². The highest BCUT2D eigenvalue weighted by Gasteiger charge is 2.48. The fourth-order valence-corrected chi connectivity index (χ4v) is 2.76. The summed E-state index contributed by atoms with van der Waals surface area (Å²) in [6.07, 6.45) is 6.86. The van der Waals surface area contributed by atoms with Gasteiger partial charge in [0.1, 0.15) is 5.82 Å². The molecule has 1 aromatic heterocycles. The van der Waals surface area contributed by atoms with Gasteiger partial charge in [0.2, 0.25) is 11.8 Å². The molecule has 1 aliphatic carbocycles. The van der Waals surface area contributed by atoms with Gasteiger partial charge >= 0.3 is 0 Å². The van der Waals surface area contributed by atoms with E-state index in [-0.39, 0.29) is 23.7 Å². The molecular formula is C13H11BrN2O2. The van der Waals surface area contributed by atoms with Crippen molar-refractivity contribution in [3.8, 4) is 0 Å². The average Bonchev–Trinajstić information content (AvgIpc) is 2.64. The van der Waals surface area contributed by atoms with Crippen molar-refractivity contribution in [2.45, 2.75) is 12.8 Å². The molecule has 18 heavy (non-hydrogen) atoms. The minimum Gasteiger partial charge on any atom is -0.274 e. The highest BCUT2D eigenvalue weighted by atomic mass is 79.9. The van der Waals surface area contributed by atoms with Crippen molar-refractivity contribution in [1.29, 1.82) is 0 Å². The number of anilines is 1. The van der Waals surface area contributed by atoms with Crippen LogP contribution in [-0.4, -0.2) is 16.8 Å². The smallest absolute Gasteiger partial charge is 0.239 e. The lowest BCUT2D eigenvalue weighted by Crippen LogP contribution is -2.31. The molecule has 1 saturated heterocycles. The molecule has 5 heteroatoms. The van der Waals surface area contributed by atoms with E-state index in [2.05, 4.69) is 20.9 Å². The van der Waals surface area contributed by atoms with Crippen LogP contribution < -0.4 is 4.90 Å². The number of fused-ring (bicyclic) bond motifs is 1. The van der Waals surface area contributed by atoms with Crippen LogP contribution in [0, 0.1) is 11.8 Å². The number of aromatic nitrogens is 1. The standard InChI is InChI=1S/C13H11BrN2O2/c14-8-5-6-11(15-7-8)16-12(17)9-3-1-2-4-10(9)13(16)18/h1-2,5-7,9-10H,3-4H2/t9-,10+. The number of hydrogen-bond donors (Lipinski definition) is 0. The topological polar surface area (TPSA) is 50.3 Å². The van der Waals surface area contributed by atoms with Crippen LogP contribution in [0.25, 0.3) is 0 Å². The molecule has 1 fully saturated rings. The number of carbonyl (C=O) groups is 2. The summed E-state index contributed by atoms with van der Waals surface area (Å²) >= 11 is 3.28.